The van der Waals surface area contributed by atoms with Crippen LogP contribution in [0.3, 0.4) is 0 Å². The first-order chi connectivity index (χ1) is 17.5. The number of ether oxygens (including phenoxy) is 2. The van der Waals surface area contributed by atoms with Crippen molar-refractivity contribution >= 4 is 28.3 Å². The van der Waals surface area contributed by atoms with Gasteiger partial charge >= 0.3 is 6.09 Å². The Bertz CT molecular complexity index is 1280. The van der Waals surface area contributed by atoms with Gasteiger partial charge in [0, 0.05) is 24.0 Å². The summed E-state index contributed by atoms with van der Waals surface area (Å²) < 4.78 is 12.9. The lowest BCUT2D eigenvalue weighted by molar-refractivity contribution is -0.116. The third kappa shape index (κ3) is 6.04. The molecule has 0 spiro atoms. The number of carbonyl (C=O) groups excluding carboxylic acids is 2. The smallest absolute Gasteiger partial charge is 0.410 e. The van der Waals surface area contributed by atoms with Gasteiger partial charge in [-0.25, -0.2) is 9.78 Å². The molecule has 0 saturated heterocycles. The van der Waals surface area contributed by atoms with E-state index in [1.807, 2.05) is 48.9 Å². The molecule has 2 aromatic heterocycles. The van der Waals surface area contributed by atoms with E-state index in [0.717, 1.165) is 27.4 Å². The second kappa shape index (κ2) is 11.7. The van der Waals surface area contributed by atoms with Crippen LogP contribution in [-0.2, 0) is 35.5 Å². The Morgan fingerprint density at radius 3 is 2.89 bits per heavy atom. The van der Waals surface area contributed by atoms with Gasteiger partial charge < -0.3 is 24.3 Å². The van der Waals surface area contributed by atoms with Crippen LogP contribution < -0.4 is 10.1 Å². The number of fused-ring (bicyclic) bond motifs is 1. The lowest BCUT2D eigenvalue weighted by Crippen LogP contribution is -2.36. The van der Waals surface area contributed by atoms with Crippen molar-refractivity contribution in [1.82, 2.24) is 14.5 Å². The normalized spacial score (nSPS) is 12.5. The van der Waals surface area contributed by atoms with E-state index in [-0.39, 0.29) is 25.0 Å². The van der Waals surface area contributed by atoms with Crippen molar-refractivity contribution in [2.45, 2.75) is 46.2 Å². The molecule has 0 aliphatic carbocycles. The average molecular weight is 508 g/mol. The van der Waals surface area contributed by atoms with Gasteiger partial charge in [-0.3, -0.25) is 4.79 Å². The van der Waals surface area contributed by atoms with E-state index in [9.17, 15) is 14.9 Å². The molecular formula is C26H29N5O4S. The van der Waals surface area contributed by atoms with Crippen LogP contribution in [0.15, 0.2) is 36.8 Å². The molecule has 1 aromatic carbocycles. The van der Waals surface area contributed by atoms with Crippen LogP contribution in [0.2, 0.25) is 0 Å². The number of hydrogen-bond acceptors (Lipinski definition) is 7. The van der Waals surface area contributed by atoms with Gasteiger partial charge in [0.1, 0.15) is 23.4 Å². The highest BCUT2D eigenvalue weighted by molar-refractivity contribution is 7.16. The highest BCUT2D eigenvalue weighted by atomic mass is 32.1. The molecule has 3 aromatic rings. The van der Waals surface area contributed by atoms with Crippen molar-refractivity contribution in [3.63, 3.8) is 0 Å². The summed E-state index contributed by atoms with van der Waals surface area (Å²) >= 11 is 1.35. The van der Waals surface area contributed by atoms with Crippen molar-refractivity contribution in [2.75, 3.05) is 25.1 Å². The molecular weight excluding hydrogens is 478 g/mol. The first-order valence-electron chi connectivity index (χ1n) is 11.9. The number of rotatable bonds is 9. The van der Waals surface area contributed by atoms with Crippen LogP contribution in [0, 0.1) is 18.3 Å². The molecule has 1 aliphatic heterocycles. The second-order valence-electron chi connectivity index (χ2n) is 8.45. The molecule has 188 valence electrons. The summed E-state index contributed by atoms with van der Waals surface area (Å²) in [5.41, 5.74) is 3.27. The summed E-state index contributed by atoms with van der Waals surface area (Å²) in [6, 6.07) is 9.92. The zero-order valence-electron chi connectivity index (χ0n) is 20.5. The van der Waals surface area contributed by atoms with E-state index in [1.54, 1.807) is 11.2 Å². The quantitative estimate of drug-likeness (QED) is 0.463. The first-order valence-corrected chi connectivity index (χ1v) is 12.8. The van der Waals surface area contributed by atoms with E-state index in [1.165, 1.54) is 11.3 Å². The van der Waals surface area contributed by atoms with Crippen molar-refractivity contribution in [2.24, 2.45) is 0 Å². The van der Waals surface area contributed by atoms with E-state index < -0.39 is 0 Å². The lowest BCUT2D eigenvalue weighted by atomic mass is 10.0. The van der Waals surface area contributed by atoms with Gasteiger partial charge in [0.15, 0.2) is 0 Å². The van der Waals surface area contributed by atoms with Crippen molar-refractivity contribution < 1.29 is 19.1 Å². The largest absolute Gasteiger partial charge is 0.494 e. The molecule has 3 heterocycles. The van der Waals surface area contributed by atoms with Crippen molar-refractivity contribution in [1.29, 1.82) is 5.26 Å². The second-order valence-corrected chi connectivity index (χ2v) is 9.55. The third-order valence-corrected chi connectivity index (χ3v) is 7.04. The lowest BCUT2D eigenvalue weighted by Gasteiger charge is -2.26. The number of amides is 2. The Kier molecular flexibility index (Phi) is 8.23. The van der Waals surface area contributed by atoms with Gasteiger partial charge in [0.05, 0.1) is 37.3 Å². The Morgan fingerprint density at radius 2 is 2.14 bits per heavy atom. The minimum absolute atomic E-state index is 0.164. The van der Waals surface area contributed by atoms with Gasteiger partial charge in [-0.15, -0.1) is 11.3 Å². The molecule has 0 unspecified atom stereocenters. The summed E-state index contributed by atoms with van der Waals surface area (Å²) in [5.74, 6) is 0.617. The Morgan fingerprint density at radius 1 is 1.31 bits per heavy atom. The minimum Gasteiger partial charge on any atom is -0.494 e. The van der Waals surface area contributed by atoms with Crippen LogP contribution in [0.4, 0.5) is 9.80 Å². The highest BCUT2D eigenvalue weighted by Crippen LogP contribution is 2.37. The SMILES string of the molecule is CCOc1ccccc1CCC(=O)Nc1sc2c(c1C#N)CCN(C(=O)OCCn1cnc(C)c1)C2. The van der Waals surface area contributed by atoms with Gasteiger partial charge in [-0.2, -0.15) is 5.26 Å². The molecule has 0 saturated carbocycles. The first kappa shape index (κ1) is 25.3. The molecule has 0 bridgehead atoms. The van der Waals surface area contributed by atoms with E-state index in [0.29, 0.717) is 49.6 Å². The van der Waals surface area contributed by atoms with Crippen molar-refractivity contribution in [3.8, 4) is 11.8 Å². The molecule has 10 heteroatoms. The number of benzene rings is 1. The summed E-state index contributed by atoms with van der Waals surface area (Å²) in [7, 11) is 0. The van der Waals surface area contributed by atoms with Gasteiger partial charge in [-0.05, 0) is 43.9 Å². The standard InChI is InChI=1S/C26H29N5O4S/c1-3-34-22-7-5-4-6-19(22)8-9-24(32)29-25-21(14-27)20-10-11-31(16-23(20)36-25)26(33)35-13-12-30-15-18(2)28-17-30/h4-7,15,17H,3,8-13,16H2,1-2H3,(H,29,32). The molecule has 4 rings (SSSR count). The van der Waals surface area contributed by atoms with Crippen LogP contribution in [0.5, 0.6) is 5.75 Å². The number of nitriles is 1. The Labute approximate surface area is 214 Å². The number of nitrogens with zero attached hydrogens (tertiary/aromatic N) is 4. The zero-order valence-corrected chi connectivity index (χ0v) is 21.3. The summed E-state index contributed by atoms with van der Waals surface area (Å²) in [6.07, 6.45) is 4.56. The number of imidazole rings is 1. The number of hydrogen-bond donors (Lipinski definition) is 1. The monoisotopic (exact) mass is 507 g/mol. The predicted octanol–water partition coefficient (Wildman–Crippen LogP) is 4.29. The minimum atomic E-state index is -0.386. The third-order valence-electron chi connectivity index (χ3n) is 5.91. The van der Waals surface area contributed by atoms with Crippen molar-refractivity contribution in [3.05, 3.63) is 64.1 Å². The molecule has 0 fully saturated rings. The molecule has 1 aliphatic rings. The molecule has 0 atom stereocenters. The predicted molar refractivity (Wildman–Crippen MR) is 136 cm³/mol. The van der Waals surface area contributed by atoms with Crippen LogP contribution in [0.25, 0.3) is 0 Å². The van der Waals surface area contributed by atoms with Gasteiger partial charge in [0.2, 0.25) is 5.91 Å². The summed E-state index contributed by atoms with van der Waals surface area (Å²) in [6.45, 7) is 5.99. The van der Waals surface area contributed by atoms with E-state index in [2.05, 4.69) is 16.4 Å². The fourth-order valence-corrected chi connectivity index (χ4v) is 5.36. The fraction of sp³-hybridized carbons (Fsp3) is 0.385. The topological polar surface area (TPSA) is 109 Å². The number of anilines is 1. The Hall–Kier alpha value is -3.84. The van der Waals surface area contributed by atoms with Crippen LogP contribution in [0.1, 0.15) is 40.6 Å². The highest BCUT2D eigenvalue weighted by Gasteiger charge is 2.28. The maximum atomic E-state index is 12.7. The Balaban J connectivity index is 1.33. The maximum absolute atomic E-state index is 12.7. The van der Waals surface area contributed by atoms with Crippen LogP contribution in [-0.4, -0.2) is 46.2 Å². The number of aryl methyl sites for hydroxylation is 2. The summed E-state index contributed by atoms with van der Waals surface area (Å²) in [4.78, 5) is 32.0. The van der Waals surface area contributed by atoms with Gasteiger partial charge in [0.25, 0.3) is 0 Å². The zero-order chi connectivity index (χ0) is 25.5. The van der Waals surface area contributed by atoms with Gasteiger partial charge in [-0.1, -0.05) is 18.2 Å². The summed E-state index contributed by atoms with van der Waals surface area (Å²) in [5, 5.41) is 13.2. The fourth-order valence-electron chi connectivity index (χ4n) is 4.13. The number of aromatic nitrogens is 2. The molecule has 0 radical (unpaired) electrons. The number of carbonyl (C=O) groups is 2. The average Bonchev–Trinajstić information content (AvgIpc) is 3.45. The molecule has 9 nitrogen and oxygen atoms in total. The molecule has 2 amide bonds. The van der Waals surface area contributed by atoms with Crippen LogP contribution >= 0.6 is 11.3 Å². The molecule has 36 heavy (non-hydrogen) atoms. The van der Waals surface area contributed by atoms with E-state index in [4.69, 9.17) is 9.47 Å². The number of para-hydroxylation sites is 1. The number of nitrogens with one attached hydrogen (secondary N) is 1. The molecule has 1 N–H and O–H groups in total. The number of thiophene rings is 1. The maximum Gasteiger partial charge on any atom is 0.410 e. The van der Waals surface area contributed by atoms with E-state index >= 15 is 0 Å².